The number of carbonyl (C=O) groups is 2. The van der Waals surface area contributed by atoms with Crippen LogP contribution in [0.3, 0.4) is 0 Å². The number of carbonyl (C=O) groups excluding carboxylic acids is 2. The van der Waals surface area contributed by atoms with Crippen molar-refractivity contribution >= 4 is 34.3 Å². The highest BCUT2D eigenvalue weighted by Gasteiger charge is 2.33. The second kappa shape index (κ2) is 9.32. The monoisotopic (exact) mass is 414 g/mol. The van der Waals surface area contributed by atoms with E-state index in [2.05, 4.69) is 21.7 Å². The summed E-state index contributed by atoms with van der Waals surface area (Å²) < 4.78 is 0. The van der Waals surface area contributed by atoms with E-state index < -0.39 is 6.04 Å². The molecule has 0 bridgehead atoms. The largest absolute Gasteiger partial charge is 0.350 e. The molecule has 3 unspecified atom stereocenters. The number of benzene rings is 1. The van der Waals surface area contributed by atoms with Crippen molar-refractivity contribution in [2.24, 2.45) is 11.8 Å². The molecule has 6 nitrogen and oxygen atoms in total. The Bertz CT molecular complexity index is 931. The van der Waals surface area contributed by atoms with Gasteiger partial charge in [0.15, 0.2) is 0 Å². The molecule has 1 aliphatic carbocycles. The van der Waals surface area contributed by atoms with Crippen LogP contribution >= 0.6 is 11.6 Å². The van der Waals surface area contributed by atoms with Crippen LogP contribution in [-0.2, 0) is 4.79 Å². The second-order valence-corrected chi connectivity index (χ2v) is 8.64. The van der Waals surface area contributed by atoms with Crippen molar-refractivity contribution in [3.05, 3.63) is 35.0 Å². The van der Waals surface area contributed by atoms with Gasteiger partial charge in [-0.15, -0.1) is 0 Å². The smallest absolute Gasteiger partial charge is 0.267 e. The zero-order valence-corrected chi connectivity index (χ0v) is 17.6. The Morgan fingerprint density at radius 1 is 1.28 bits per heavy atom. The number of H-pyrrole nitrogens is 1. The molecule has 0 aliphatic heterocycles. The summed E-state index contributed by atoms with van der Waals surface area (Å²) in [6.07, 6.45) is 3.97. The van der Waals surface area contributed by atoms with Gasteiger partial charge < -0.3 is 15.6 Å². The number of aromatic amines is 1. The highest BCUT2D eigenvalue weighted by atomic mass is 35.5. The lowest BCUT2D eigenvalue weighted by molar-refractivity contribution is -0.127. The molecular weight excluding hydrogens is 388 g/mol. The number of nitriles is 1. The van der Waals surface area contributed by atoms with Crippen molar-refractivity contribution in [2.75, 3.05) is 0 Å². The fourth-order valence-electron chi connectivity index (χ4n) is 3.98. The third-order valence-corrected chi connectivity index (χ3v) is 5.66. The minimum absolute atomic E-state index is 0.148. The van der Waals surface area contributed by atoms with E-state index >= 15 is 0 Å². The number of amides is 2. The Balaban J connectivity index is 1.69. The Morgan fingerprint density at radius 3 is 2.76 bits per heavy atom. The van der Waals surface area contributed by atoms with E-state index in [4.69, 9.17) is 11.6 Å². The van der Waals surface area contributed by atoms with Crippen LogP contribution < -0.4 is 10.6 Å². The van der Waals surface area contributed by atoms with Gasteiger partial charge >= 0.3 is 0 Å². The van der Waals surface area contributed by atoms with Crippen LogP contribution in [0.1, 0.15) is 56.4 Å². The zero-order chi connectivity index (χ0) is 21.0. The van der Waals surface area contributed by atoms with Crippen molar-refractivity contribution < 1.29 is 9.59 Å². The van der Waals surface area contributed by atoms with Gasteiger partial charge in [0.05, 0.1) is 12.0 Å². The molecule has 3 rings (SSSR count). The molecular formula is C22H27ClN4O2. The first-order valence-electron chi connectivity index (χ1n) is 10.2. The number of hydrogen-bond donors (Lipinski definition) is 3. The van der Waals surface area contributed by atoms with E-state index in [9.17, 15) is 14.9 Å². The quantitative estimate of drug-likeness (QED) is 0.661. The molecule has 1 aromatic heterocycles. The molecule has 0 radical (unpaired) electrons. The first-order valence-corrected chi connectivity index (χ1v) is 10.5. The SMILES string of the molecule is CC(C)CC(C#N)NC(=O)C1CCCCC1NC(=O)c1cc2ccc(Cl)cc2[nH]1. The van der Waals surface area contributed by atoms with Crippen molar-refractivity contribution in [3.8, 4) is 6.07 Å². The maximum Gasteiger partial charge on any atom is 0.267 e. The van der Waals surface area contributed by atoms with E-state index in [1.54, 1.807) is 18.2 Å². The van der Waals surface area contributed by atoms with Gasteiger partial charge in [-0.25, -0.2) is 0 Å². The number of rotatable bonds is 6. The van der Waals surface area contributed by atoms with E-state index in [1.807, 2.05) is 19.9 Å². The van der Waals surface area contributed by atoms with Crippen LogP contribution in [0.2, 0.25) is 5.02 Å². The van der Waals surface area contributed by atoms with Gasteiger partial charge in [-0.2, -0.15) is 5.26 Å². The summed E-state index contributed by atoms with van der Waals surface area (Å²) in [4.78, 5) is 28.7. The molecule has 154 valence electrons. The number of hydrogen-bond acceptors (Lipinski definition) is 3. The maximum absolute atomic E-state index is 12.8. The molecule has 29 heavy (non-hydrogen) atoms. The van der Waals surface area contributed by atoms with Crippen molar-refractivity contribution in [3.63, 3.8) is 0 Å². The van der Waals surface area contributed by atoms with E-state index in [0.29, 0.717) is 29.5 Å². The normalized spacial score (nSPS) is 20.2. The Labute approximate surface area is 176 Å². The first kappa shape index (κ1) is 21.2. The van der Waals surface area contributed by atoms with E-state index in [0.717, 1.165) is 30.2 Å². The lowest BCUT2D eigenvalue weighted by atomic mass is 9.83. The fourth-order valence-corrected chi connectivity index (χ4v) is 4.15. The maximum atomic E-state index is 12.8. The number of halogens is 1. The molecule has 1 aromatic carbocycles. The standard InChI is InChI=1S/C22H27ClN4O2/c1-13(2)9-16(12-24)25-21(28)17-5-3-4-6-18(17)27-22(29)20-10-14-7-8-15(23)11-19(14)26-20/h7-8,10-11,13,16-18,26H,3-6,9H2,1-2H3,(H,25,28)(H,27,29). The van der Waals surface area contributed by atoms with Crippen LogP contribution in [0.15, 0.2) is 24.3 Å². The highest BCUT2D eigenvalue weighted by Crippen LogP contribution is 2.26. The van der Waals surface area contributed by atoms with Crippen molar-refractivity contribution in [1.82, 2.24) is 15.6 Å². The van der Waals surface area contributed by atoms with Gasteiger partial charge in [0, 0.05) is 22.0 Å². The molecule has 1 heterocycles. The number of nitrogens with zero attached hydrogens (tertiary/aromatic N) is 1. The highest BCUT2D eigenvalue weighted by molar-refractivity contribution is 6.31. The summed E-state index contributed by atoms with van der Waals surface area (Å²) in [6, 6.07) is 8.63. The molecule has 3 N–H and O–H groups in total. The fraction of sp³-hybridized carbons (Fsp3) is 0.500. The summed E-state index contributed by atoms with van der Waals surface area (Å²) >= 11 is 6.01. The van der Waals surface area contributed by atoms with Crippen molar-refractivity contribution in [2.45, 2.75) is 58.0 Å². The van der Waals surface area contributed by atoms with Gasteiger partial charge in [0.2, 0.25) is 5.91 Å². The second-order valence-electron chi connectivity index (χ2n) is 8.21. The zero-order valence-electron chi connectivity index (χ0n) is 16.8. The minimum atomic E-state index is -0.501. The summed E-state index contributed by atoms with van der Waals surface area (Å²) in [5, 5.41) is 16.7. The predicted octanol–water partition coefficient (Wildman–Crippen LogP) is 4.16. The molecule has 1 aliphatic rings. The van der Waals surface area contributed by atoms with Crippen LogP contribution in [-0.4, -0.2) is 28.9 Å². The first-order chi connectivity index (χ1) is 13.9. The Kier molecular flexibility index (Phi) is 6.81. The average Bonchev–Trinajstić information content (AvgIpc) is 3.10. The van der Waals surface area contributed by atoms with Gasteiger partial charge in [-0.05, 0) is 43.4 Å². The summed E-state index contributed by atoms with van der Waals surface area (Å²) in [5.74, 6) is -0.390. The van der Waals surface area contributed by atoms with Crippen LogP contribution in [0.5, 0.6) is 0 Å². The molecule has 0 spiro atoms. The molecule has 2 aromatic rings. The molecule has 0 saturated heterocycles. The minimum Gasteiger partial charge on any atom is -0.350 e. The Hall–Kier alpha value is -2.52. The molecule has 3 atom stereocenters. The predicted molar refractivity (Wildman–Crippen MR) is 114 cm³/mol. The third-order valence-electron chi connectivity index (χ3n) is 5.43. The van der Waals surface area contributed by atoms with E-state index in [1.165, 1.54) is 0 Å². The van der Waals surface area contributed by atoms with Crippen LogP contribution in [0.4, 0.5) is 0 Å². The topological polar surface area (TPSA) is 97.8 Å². The lowest BCUT2D eigenvalue weighted by Crippen LogP contribution is -2.50. The summed E-state index contributed by atoms with van der Waals surface area (Å²) in [5.41, 5.74) is 1.24. The van der Waals surface area contributed by atoms with E-state index in [-0.39, 0.29) is 23.8 Å². The van der Waals surface area contributed by atoms with Crippen LogP contribution in [0, 0.1) is 23.2 Å². The summed E-state index contributed by atoms with van der Waals surface area (Å²) in [7, 11) is 0. The molecule has 1 saturated carbocycles. The van der Waals surface area contributed by atoms with Crippen LogP contribution in [0.25, 0.3) is 10.9 Å². The number of fused-ring (bicyclic) bond motifs is 1. The molecule has 7 heteroatoms. The average molecular weight is 415 g/mol. The summed E-state index contributed by atoms with van der Waals surface area (Å²) in [6.45, 7) is 4.04. The number of aromatic nitrogens is 1. The van der Waals surface area contributed by atoms with Crippen molar-refractivity contribution in [1.29, 1.82) is 5.26 Å². The molecule has 2 amide bonds. The van der Waals surface area contributed by atoms with Gasteiger partial charge in [0.1, 0.15) is 11.7 Å². The number of nitrogens with one attached hydrogen (secondary N) is 3. The Morgan fingerprint density at radius 2 is 2.03 bits per heavy atom. The molecule has 1 fully saturated rings. The van der Waals surface area contributed by atoms with Gasteiger partial charge in [-0.1, -0.05) is 44.4 Å². The lowest BCUT2D eigenvalue weighted by Gasteiger charge is -2.31. The van der Waals surface area contributed by atoms with Gasteiger partial charge in [0.25, 0.3) is 5.91 Å². The van der Waals surface area contributed by atoms with Gasteiger partial charge in [-0.3, -0.25) is 9.59 Å². The third kappa shape index (κ3) is 5.30.